The Hall–Kier alpha value is 0.420. The number of halogens is 4. The van der Waals surface area contributed by atoms with Gasteiger partial charge in [-0.05, 0) is 0 Å². The molecule has 0 aliphatic rings. The third kappa shape index (κ3) is 293. The van der Waals surface area contributed by atoms with Crippen LogP contribution < -0.4 is 0 Å². The maximum atomic E-state index is 9.54. The maximum Gasteiger partial charge on any atom is 0.255 e. The highest BCUT2D eigenvalue weighted by Crippen LogP contribution is 1.96. The summed E-state index contributed by atoms with van der Waals surface area (Å²) in [4.78, 5) is 0. The van der Waals surface area contributed by atoms with Crippen LogP contribution in [-0.2, 0) is 0 Å². The number of hydrogen-bond acceptors (Lipinski definition) is 2. The lowest BCUT2D eigenvalue weighted by Crippen LogP contribution is -0.884. The normalized spacial score (nSPS) is 6.00. The minimum atomic E-state index is -1.25. The molecule has 40 valence electrons. The molecular weight excluding hydrogens is 140 g/mol. The standard InChI is InChI=1S/2F2S/c2*1-3-2. The lowest BCUT2D eigenvalue weighted by atomic mass is 18.8. The van der Waals surface area contributed by atoms with E-state index in [9.17, 15) is 15.5 Å². The molecule has 0 rings (SSSR count). The van der Waals surface area contributed by atoms with Crippen molar-refractivity contribution >= 4 is 25.1 Å². The second-order valence-corrected chi connectivity index (χ2v) is 0.350. The summed E-state index contributed by atoms with van der Waals surface area (Å²) < 4.78 is 38.2. The van der Waals surface area contributed by atoms with Gasteiger partial charge in [0, 0.05) is 0 Å². The smallest absolute Gasteiger partial charge is 0.127 e. The zero-order chi connectivity index (χ0) is 5.41. The fourth-order valence-electron chi connectivity index (χ4n) is 0. The molecule has 6 heavy (non-hydrogen) atoms. The zero-order valence-electron chi connectivity index (χ0n) is 2.33. The molecule has 0 spiro atoms. The van der Waals surface area contributed by atoms with Gasteiger partial charge in [-0.3, -0.25) is 0 Å². The SMILES string of the molecule is FSF.FSF. The molecule has 0 atom stereocenters. The third-order valence-electron chi connectivity index (χ3n) is 0. The Balaban J connectivity index is 0. The van der Waals surface area contributed by atoms with Crippen LogP contribution in [0.15, 0.2) is 0 Å². The first-order valence-electron chi connectivity index (χ1n) is 0.617. The summed E-state index contributed by atoms with van der Waals surface area (Å²) in [5.41, 5.74) is 0. The molecule has 0 aromatic rings. The van der Waals surface area contributed by atoms with Crippen LogP contribution in [0.2, 0.25) is 0 Å². The highest BCUT2D eigenvalue weighted by atomic mass is 32.2. The molecule has 0 aromatic carbocycles. The summed E-state index contributed by atoms with van der Waals surface area (Å²) in [6.07, 6.45) is 0. The van der Waals surface area contributed by atoms with Gasteiger partial charge in [0.15, 0.2) is 0 Å². The Labute approximate surface area is 41.5 Å². The number of hydrogen-bond donors (Lipinski definition) is 0. The fraction of sp³-hybridized carbons (Fsp3) is 0. The molecule has 0 unspecified atom stereocenters. The Bertz CT molecular complexity index is 7.51. The summed E-state index contributed by atoms with van der Waals surface area (Å²) in [5.74, 6) is 0. The first kappa shape index (κ1) is 9.65. The van der Waals surface area contributed by atoms with Crippen molar-refractivity contribution in [1.82, 2.24) is 0 Å². The summed E-state index contributed by atoms with van der Waals surface area (Å²) in [7, 11) is 0. The molecule has 0 heterocycles. The topological polar surface area (TPSA) is 0 Å². The molecule has 0 aromatic heterocycles. The van der Waals surface area contributed by atoms with Crippen LogP contribution >= 0.6 is 25.1 Å². The van der Waals surface area contributed by atoms with Crippen LogP contribution in [0.3, 0.4) is 0 Å². The van der Waals surface area contributed by atoms with Gasteiger partial charge < -0.3 is 0 Å². The molecule has 0 aliphatic heterocycles. The van der Waals surface area contributed by atoms with Gasteiger partial charge in [0.1, 0.15) is 0 Å². The van der Waals surface area contributed by atoms with E-state index in [0.29, 0.717) is 0 Å². The average molecular weight is 140 g/mol. The predicted octanol–water partition coefficient (Wildman–Crippen LogP) is 2.98. The fourth-order valence-corrected chi connectivity index (χ4v) is 0. The van der Waals surface area contributed by atoms with E-state index in [1.807, 2.05) is 0 Å². The predicted molar refractivity (Wildman–Crippen MR) is 19.6 cm³/mol. The Morgan fingerprint density at radius 3 is 0.667 bits per heavy atom. The van der Waals surface area contributed by atoms with Crippen molar-refractivity contribution in [2.45, 2.75) is 0 Å². The molecule has 0 nitrogen and oxygen atoms in total. The van der Waals surface area contributed by atoms with E-state index in [0.717, 1.165) is 0 Å². The first-order chi connectivity index (χ1) is 2.83. The summed E-state index contributed by atoms with van der Waals surface area (Å²) in [5, 5.41) is 0. The van der Waals surface area contributed by atoms with Gasteiger partial charge in [-0.1, -0.05) is 0 Å². The van der Waals surface area contributed by atoms with E-state index in [4.69, 9.17) is 0 Å². The van der Waals surface area contributed by atoms with E-state index in [1.165, 1.54) is 0 Å². The third-order valence-corrected chi connectivity index (χ3v) is 0. The Morgan fingerprint density at radius 2 is 0.667 bits per heavy atom. The maximum absolute atomic E-state index is 9.54. The van der Waals surface area contributed by atoms with Crippen LogP contribution in [0.4, 0.5) is 15.5 Å². The molecule has 0 aliphatic carbocycles. The van der Waals surface area contributed by atoms with Gasteiger partial charge in [0.25, 0.3) is 25.1 Å². The monoisotopic (exact) mass is 140 g/mol. The van der Waals surface area contributed by atoms with Crippen molar-refractivity contribution in [3.05, 3.63) is 0 Å². The van der Waals surface area contributed by atoms with Crippen LogP contribution in [0.25, 0.3) is 0 Å². The van der Waals surface area contributed by atoms with Crippen molar-refractivity contribution < 1.29 is 15.5 Å². The molecule has 0 fully saturated rings. The highest BCUT2D eigenvalue weighted by Gasteiger charge is 1.49. The largest absolute Gasteiger partial charge is 0.255 e. The van der Waals surface area contributed by atoms with E-state index in [2.05, 4.69) is 0 Å². The Morgan fingerprint density at radius 1 is 0.667 bits per heavy atom. The minimum Gasteiger partial charge on any atom is -0.127 e. The van der Waals surface area contributed by atoms with Crippen molar-refractivity contribution in [3.63, 3.8) is 0 Å². The quantitative estimate of drug-likeness (QED) is 0.474. The van der Waals surface area contributed by atoms with Crippen molar-refractivity contribution in [3.8, 4) is 0 Å². The average Bonchev–Trinajstić information content (AvgIpc) is 1.39. The van der Waals surface area contributed by atoms with Gasteiger partial charge in [-0.2, -0.15) is 0 Å². The van der Waals surface area contributed by atoms with E-state index in [1.54, 1.807) is 0 Å². The second-order valence-electron chi connectivity index (χ2n) is 0.117. The summed E-state index contributed by atoms with van der Waals surface area (Å²) in [6.45, 7) is 0. The highest BCUT2D eigenvalue weighted by molar-refractivity contribution is 7.89. The summed E-state index contributed by atoms with van der Waals surface area (Å²) in [6, 6.07) is 0. The van der Waals surface area contributed by atoms with Crippen molar-refractivity contribution in [2.24, 2.45) is 0 Å². The van der Waals surface area contributed by atoms with Gasteiger partial charge in [-0.25, -0.2) is 0 Å². The second kappa shape index (κ2) is 18.1. The first-order valence-corrected chi connectivity index (χ1v) is 1.85. The molecule has 0 amide bonds. The van der Waals surface area contributed by atoms with Crippen LogP contribution in [0.5, 0.6) is 0 Å². The van der Waals surface area contributed by atoms with Gasteiger partial charge in [0.2, 0.25) is 0 Å². The lowest BCUT2D eigenvalue weighted by molar-refractivity contribution is 0.812. The van der Waals surface area contributed by atoms with Gasteiger partial charge in [0.05, 0.1) is 0 Å². The van der Waals surface area contributed by atoms with Crippen LogP contribution in [0, 0.1) is 0 Å². The molecule has 0 bridgehead atoms. The number of rotatable bonds is 0. The zero-order valence-corrected chi connectivity index (χ0v) is 3.96. The minimum absolute atomic E-state index is 1.25. The molecule has 0 N–H and O–H groups in total. The molecule has 0 saturated heterocycles. The van der Waals surface area contributed by atoms with Gasteiger partial charge >= 0.3 is 0 Å². The molecule has 0 saturated carbocycles. The molecular formula is F4S2. The summed E-state index contributed by atoms with van der Waals surface area (Å²) >= 11 is -2.50. The van der Waals surface area contributed by atoms with Crippen LogP contribution in [-0.4, -0.2) is 0 Å². The van der Waals surface area contributed by atoms with E-state index >= 15 is 0 Å². The van der Waals surface area contributed by atoms with Crippen molar-refractivity contribution in [1.29, 1.82) is 0 Å². The molecule has 0 radical (unpaired) electrons. The van der Waals surface area contributed by atoms with Gasteiger partial charge in [-0.15, -0.1) is 15.5 Å². The van der Waals surface area contributed by atoms with E-state index < -0.39 is 25.1 Å². The Kier molecular flexibility index (Phi) is 29.1. The molecule has 6 heteroatoms. The van der Waals surface area contributed by atoms with Crippen LogP contribution in [0.1, 0.15) is 0 Å². The van der Waals surface area contributed by atoms with E-state index in [-0.39, 0.29) is 0 Å². The lowest BCUT2D eigenvalue weighted by Gasteiger charge is -1.36. The van der Waals surface area contributed by atoms with Crippen molar-refractivity contribution in [2.75, 3.05) is 0 Å².